The lowest BCUT2D eigenvalue weighted by atomic mass is 9.98. The molecular weight excluding hydrogens is 270 g/mol. The fraction of sp³-hybridized carbons (Fsp3) is 0.684. The lowest BCUT2D eigenvalue weighted by Gasteiger charge is -2.41. The minimum Gasteiger partial charge on any atom is -0.320 e. The fourth-order valence-electron chi connectivity index (χ4n) is 3.43. The summed E-state index contributed by atoms with van der Waals surface area (Å²) >= 11 is 0. The first-order valence-electron chi connectivity index (χ1n) is 8.87. The summed E-state index contributed by atoms with van der Waals surface area (Å²) in [6.07, 6.45) is 2.30. The quantitative estimate of drug-likeness (QED) is 0.835. The van der Waals surface area contributed by atoms with Crippen molar-refractivity contribution in [1.82, 2.24) is 15.1 Å². The Morgan fingerprint density at radius 3 is 2.36 bits per heavy atom. The number of nitrogens with zero attached hydrogens (tertiary/aromatic N) is 2. The molecule has 1 saturated heterocycles. The summed E-state index contributed by atoms with van der Waals surface area (Å²) in [5.41, 5.74) is 2.94. The monoisotopic (exact) mass is 303 g/mol. The third-order valence-corrected chi connectivity index (χ3v) is 4.93. The molecule has 3 nitrogen and oxygen atoms in total. The van der Waals surface area contributed by atoms with E-state index in [9.17, 15) is 0 Å². The van der Waals surface area contributed by atoms with Crippen LogP contribution < -0.4 is 5.32 Å². The van der Waals surface area contributed by atoms with Crippen LogP contribution >= 0.6 is 0 Å². The van der Waals surface area contributed by atoms with E-state index in [1.54, 1.807) is 0 Å². The highest BCUT2D eigenvalue weighted by atomic mass is 15.3. The summed E-state index contributed by atoms with van der Waals surface area (Å²) in [6, 6.07) is 10.4. The van der Waals surface area contributed by atoms with E-state index < -0.39 is 0 Å². The Hall–Kier alpha value is -0.900. The van der Waals surface area contributed by atoms with Crippen molar-refractivity contribution in [1.29, 1.82) is 0 Å². The second kappa shape index (κ2) is 8.66. The van der Waals surface area contributed by atoms with Gasteiger partial charge in [-0.15, -0.1) is 0 Å². The molecule has 0 saturated carbocycles. The summed E-state index contributed by atoms with van der Waals surface area (Å²) < 4.78 is 0. The van der Waals surface area contributed by atoms with E-state index in [0.29, 0.717) is 12.1 Å². The average molecular weight is 303 g/mol. The maximum Gasteiger partial charge on any atom is 0.0361 e. The number of rotatable bonds is 7. The molecule has 1 aliphatic rings. The summed E-state index contributed by atoms with van der Waals surface area (Å²) in [6.45, 7) is 12.7. The van der Waals surface area contributed by atoms with Crippen LogP contribution in [0.3, 0.4) is 0 Å². The largest absolute Gasteiger partial charge is 0.320 e. The normalized spacial score (nSPS) is 18.8. The van der Waals surface area contributed by atoms with Crippen LogP contribution in [0.25, 0.3) is 0 Å². The Morgan fingerprint density at radius 1 is 1.09 bits per heavy atom. The van der Waals surface area contributed by atoms with Crippen LogP contribution in [-0.2, 0) is 6.42 Å². The van der Waals surface area contributed by atoms with Crippen molar-refractivity contribution in [2.75, 3.05) is 39.8 Å². The second-order valence-corrected chi connectivity index (χ2v) is 6.67. The van der Waals surface area contributed by atoms with Crippen LogP contribution in [0, 0.1) is 0 Å². The van der Waals surface area contributed by atoms with Gasteiger partial charge in [-0.05, 0) is 51.4 Å². The van der Waals surface area contributed by atoms with E-state index >= 15 is 0 Å². The summed E-state index contributed by atoms with van der Waals surface area (Å²) in [5.74, 6) is 0. The van der Waals surface area contributed by atoms with Crippen molar-refractivity contribution >= 4 is 0 Å². The van der Waals surface area contributed by atoms with Gasteiger partial charge in [0.25, 0.3) is 0 Å². The SMILES string of the molecule is CCc1cccc(C(CCNC)N2CCN(C(C)C)CC2)c1. The number of nitrogens with one attached hydrogen (secondary N) is 1. The van der Waals surface area contributed by atoms with Gasteiger partial charge < -0.3 is 5.32 Å². The molecule has 124 valence electrons. The fourth-order valence-corrected chi connectivity index (χ4v) is 3.43. The number of benzene rings is 1. The van der Waals surface area contributed by atoms with Gasteiger partial charge in [0.2, 0.25) is 0 Å². The summed E-state index contributed by atoms with van der Waals surface area (Å²) in [7, 11) is 2.05. The smallest absolute Gasteiger partial charge is 0.0361 e. The molecule has 1 atom stereocenters. The van der Waals surface area contributed by atoms with E-state index in [-0.39, 0.29) is 0 Å². The van der Waals surface area contributed by atoms with Gasteiger partial charge in [0.05, 0.1) is 0 Å². The van der Waals surface area contributed by atoms with Crippen molar-refractivity contribution in [2.24, 2.45) is 0 Å². The van der Waals surface area contributed by atoms with Gasteiger partial charge in [-0.3, -0.25) is 9.80 Å². The molecule has 0 bridgehead atoms. The first-order chi connectivity index (χ1) is 10.7. The standard InChI is InChI=1S/C19H33N3/c1-5-17-7-6-8-18(15-17)19(9-10-20-4)22-13-11-21(12-14-22)16(2)3/h6-8,15-16,19-20H,5,9-14H2,1-4H3. The van der Waals surface area contributed by atoms with Gasteiger partial charge >= 0.3 is 0 Å². The molecule has 22 heavy (non-hydrogen) atoms. The zero-order valence-electron chi connectivity index (χ0n) is 14.8. The van der Waals surface area contributed by atoms with Crippen molar-refractivity contribution in [3.63, 3.8) is 0 Å². The first kappa shape index (κ1) is 17.5. The van der Waals surface area contributed by atoms with E-state index in [1.165, 1.54) is 43.7 Å². The Labute approximate surface area is 136 Å². The Morgan fingerprint density at radius 2 is 1.77 bits per heavy atom. The Kier molecular flexibility index (Phi) is 6.87. The van der Waals surface area contributed by atoms with Gasteiger partial charge in [0.15, 0.2) is 0 Å². The van der Waals surface area contributed by atoms with Crippen LogP contribution in [-0.4, -0.2) is 55.6 Å². The maximum atomic E-state index is 3.33. The predicted octanol–water partition coefficient (Wildman–Crippen LogP) is 2.93. The maximum absolute atomic E-state index is 3.33. The second-order valence-electron chi connectivity index (χ2n) is 6.67. The van der Waals surface area contributed by atoms with Gasteiger partial charge in [-0.1, -0.05) is 31.2 Å². The van der Waals surface area contributed by atoms with Crippen LogP contribution in [0.4, 0.5) is 0 Å². The molecule has 0 radical (unpaired) electrons. The van der Waals surface area contributed by atoms with Gasteiger partial charge in [0, 0.05) is 38.3 Å². The van der Waals surface area contributed by atoms with Crippen LogP contribution in [0.2, 0.25) is 0 Å². The molecule has 0 amide bonds. The Bertz CT molecular complexity index is 436. The zero-order chi connectivity index (χ0) is 15.9. The molecule has 1 aliphatic heterocycles. The topological polar surface area (TPSA) is 18.5 Å². The average Bonchev–Trinajstić information content (AvgIpc) is 2.56. The molecule has 3 heteroatoms. The van der Waals surface area contributed by atoms with Gasteiger partial charge in [0.1, 0.15) is 0 Å². The third-order valence-electron chi connectivity index (χ3n) is 4.93. The van der Waals surface area contributed by atoms with E-state index in [1.807, 2.05) is 0 Å². The molecule has 2 rings (SSSR count). The molecule has 0 spiro atoms. The Balaban J connectivity index is 2.09. The number of aryl methyl sites for hydroxylation is 1. The predicted molar refractivity (Wildman–Crippen MR) is 95.4 cm³/mol. The molecular formula is C19H33N3. The molecule has 1 aromatic rings. The lowest BCUT2D eigenvalue weighted by molar-refractivity contribution is 0.0748. The molecule has 1 N–H and O–H groups in total. The minimum absolute atomic E-state index is 0.549. The number of piperazine rings is 1. The zero-order valence-corrected chi connectivity index (χ0v) is 14.8. The highest BCUT2D eigenvalue weighted by Gasteiger charge is 2.25. The molecule has 1 fully saturated rings. The van der Waals surface area contributed by atoms with Crippen LogP contribution in [0.5, 0.6) is 0 Å². The van der Waals surface area contributed by atoms with E-state index in [4.69, 9.17) is 0 Å². The highest BCUT2D eigenvalue weighted by molar-refractivity contribution is 5.26. The molecule has 0 aliphatic carbocycles. The highest BCUT2D eigenvalue weighted by Crippen LogP contribution is 2.26. The third kappa shape index (κ3) is 4.55. The van der Waals surface area contributed by atoms with Gasteiger partial charge in [-0.2, -0.15) is 0 Å². The summed E-state index contributed by atoms with van der Waals surface area (Å²) in [4.78, 5) is 5.28. The number of hydrogen-bond acceptors (Lipinski definition) is 3. The van der Waals surface area contributed by atoms with Crippen molar-refractivity contribution in [3.05, 3.63) is 35.4 Å². The van der Waals surface area contributed by atoms with Crippen molar-refractivity contribution in [2.45, 2.75) is 45.7 Å². The van der Waals surface area contributed by atoms with E-state index in [0.717, 1.165) is 13.0 Å². The number of hydrogen-bond donors (Lipinski definition) is 1. The first-order valence-corrected chi connectivity index (χ1v) is 8.87. The summed E-state index contributed by atoms with van der Waals surface area (Å²) in [5, 5.41) is 3.33. The van der Waals surface area contributed by atoms with E-state index in [2.05, 4.69) is 67.2 Å². The van der Waals surface area contributed by atoms with Crippen molar-refractivity contribution < 1.29 is 0 Å². The van der Waals surface area contributed by atoms with Gasteiger partial charge in [-0.25, -0.2) is 0 Å². The molecule has 1 aromatic carbocycles. The molecule has 1 heterocycles. The minimum atomic E-state index is 0.549. The molecule has 1 unspecified atom stereocenters. The molecule has 0 aromatic heterocycles. The van der Waals surface area contributed by atoms with Crippen LogP contribution in [0.1, 0.15) is 44.4 Å². The van der Waals surface area contributed by atoms with Crippen molar-refractivity contribution in [3.8, 4) is 0 Å². The van der Waals surface area contributed by atoms with Crippen LogP contribution in [0.15, 0.2) is 24.3 Å². The lowest BCUT2D eigenvalue weighted by Crippen LogP contribution is -2.50.